The van der Waals surface area contributed by atoms with Gasteiger partial charge in [0.25, 0.3) is 0 Å². The maximum absolute atomic E-state index is 4.49. The molecule has 0 aliphatic heterocycles. The van der Waals surface area contributed by atoms with Crippen LogP contribution in [0.25, 0.3) is 0 Å². The average Bonchev–Trinajstić information content (AvgIpc) is 3.24. The highest BCUT2D eigenvalue weighted by Gasteiger charge is 2.21. The van der Waals surface area contributed by atoms with Gasteiger partial charge < -0.3 is 10.6 Å². The van der Waals surface area contributed by atoms with Crippen LogP contribution in [0.5, 0.6) is 0 Å². The highest BCUT2D eigenvalue weighted by Crippen LogP contribution is 2.29. The van der Waals surface area contributed by atoms with Gasteiger partial charge in [0, 0.05) is 12.2 Å². The average molecular weight is 297 g/mol. The van der Waals surface area contributed by atoms with E-state index >= 15 is 0 Å². The fourth-order valence-electron chi connectivity index (χ4n) is 2.66. The van der Waals surface area contributed by atoms with Gasteiger partial charge in [-0.05, 0) is 57.6 Å². The van der Waals surface area contributed by atoms with E-state index < -0.39 is 0 Å². The molecule has 1 saturated carbocycles. The van der Waals surface area contributed by atoms with E-state index in [1.54, 1.807) is 0 Å². The third-order valence-corrected chi connectivity index (χ3v) is 3.91. The van der Waals surface area contributed by atoms with Gasteiger partial charge in [-0.3, -0.25) is 0 Å². The van der Waals surface area contributed by atoms with Crippen LogP contribution in [0.3, 0.4) is 0 Å². The molecule has 5 heteroatoms. The summed E-state index contributed by atoms with van der Waals surface area (Å²) in [6, 6.07) is 4.32. The summed E-state index contributed by atoms with van der Waals surface area (Å²) >= 11 is 0. The van der Waals surface area contributed by atoms with E-state index in [0.29, 0.717) is 11.9 Å². The first kappa shape index (κ1) is 14.8. The number of nitrogens with zero attached hydrogens (tertiary/aromatic N) is 3. The van der Waals surface area contributed by atoms with E-state index in [4.69, 9.17) is 0 Å². The number of aryl methyl sites for hydroxylation is 4. The second-order valence-electron chi connectivity index (χ2n) is 6.25. The molecular weight excluding hydrogens is 274 g/mol. The van der Waals surface area contributed by atoms with Gasteiger partial charge in [0.15, 0.2) is 0 Å². The molecule has 1 aliphatic carbocycles. The number of nitrogens with one attached hydrogen (secondary N) is 2. The maximum Gasteiger partial charge on any atom is 0.232 e. The molecule has 1 aliphatic rings. The summed E-state index contributed by atoms with van der Waals surface area (Å²) in [6.45, 7) is 9.15. The fraction of sp³-hybridized carbons (Fsp3) is 0.471. The molecule has 0 spiro atoms. The minimum atomic E-state index is 0.598. The lowest BCUT2D eigenvalue weighted by atomic mass is 10.1. The van der Waals surface area contributed by atoms with Crippen molar-refractivity contribution in [1.29, 1.82) is 0 Å². The van der Waals surface area contributed by atoms with Crippen LogP contribution in [0.15, 0.2) is 12.1 Å². The minimum Gasteiger partial charge on any atom is -0.354 e. The topological polar surface area (TPSA) is 62.7 Å². The Hall–Kier alpha value is -2.17. The highest BCUT2D eigenvalue weighted by atomic mass is 15.2. The Bertz CT molecular complexity index is 668. The summed E-state index contributed by atoms with van der Waals surface area (Å²) in [5, 5.41) is 6.66. The van der Waals surface area contributed by atoms with E-state index in [2.05, 4.69) is 58.5 Å². The summed E-state index contributed by atoms with van der Waals surface area (Å²) in [5.41, 5.74) is 4.73. The van der Waals surface area contributed by atoms with Crippen LogP contribution in [-0.2, 0) is 0 Å². The molecule has 0 atom stereocenters. The van der Waals surface area contributed by atoms with Gasteiger partial charge in [0.05, 0.1) is 0 Å². The first-order chi connectivity index (χ1) is 10.5. The molecule has 1 heterocycles. The zero-order chi connectivity index (χ0) is 15.7. The van der Waals surface area contributed by atoms with E-state index in [0.717, 1.165) is 24.0 Å². The van der Waals surface area contributed by atoms with Crippen LogP contribution in [0.1, 0.15) is 35.4 Å². The predicted molar refractivity (Wildman–Crippen MR) is 89.7 cm³/mol. The van der Waals surface area contributed by atoms with Gasteiger partial charge >= 0.3 is 0 Å². The summed E-state index contributed by atoms with van der Waals surface area (Å²) in [5.74, 6) is 2.76. The molecule has 1 aromatic heterocycles. The molecule has 0 radical (unpaired) electrons. The minimum absolute atomic E-state index is 0.598. The lowest BCUT2D eigenvalue weighted by Crippen LogP contribution is -2.11. The molecule has 3 rings (SSSR count). The molecule has 0 unspecified atom stereocenters. The molecule has 5 nitrogen and oxygen atoms in total. The molecule has 1 fully saturated rings. The van der Waals surface area contributed by atoms with Gasteiger partial charge in [0.1, 0.15) is 5.82 Å². The number of aromatic nitrogens is 3. The summed E-state index contributed by atoms with van der Waals surface area (Å²) < 4.78 is 0. The fourth-order valence-corrected chi connectivity index (χ4v) is 2.66. The van der Waals surface area contributed by atoms with Crippen LogP contribution >= 0.6 is 0 Å². The number of hydrogen-bond acceptors (Lipinski definition) is 5. The zero-order valence-electron chi connectivity index (χ0n) is 13.7. The molecule has 2 N–H and O–H groups in total. The van der Waals surface area contributed by atoms with Crippen molar-refractivity contribution in [3.05, 3.63) is 34.6 Å². The highest BCUT2D eigenvalue weighted by molar-refractivity contribution is 5.64. The van der Waals surface area contributed by atoms with Crippen LogP contribution in [-0.4, -0.2) is 21.5 Å². The van der Waals surface area contributed by atoms with Crippen molar-refractivity contribution in [3.8, 4) is 0 Å². The lowest BCUT2D eigenvalue weighted by molar-refractivity contribution is 0.862. The van der Waals surface area contributed by atoms with E-state index in [9.17, 15) is 0 Å². The zero-order valence-corrected chi connectivity index (χ0v) is 13.7. The number of rotatable bonds is 5. The Morgan fingerprint density at radius 3 is 2.23 bits per heavy atom. The number of benzene rings is 1. The quantitative estimate of drug-likeness (QED) is 0.881. The molecule has 22 heavy (non-hydrogen) atoms. The van der Waals surface area contributed by atoms with Crippen molar-refractivity contribution in [2.24, 2.45) is 5.92 Å². The second-order valence-corrected chi connectivity index (χ2v) is 6.25. The predicted octanol–water partition coefficient (Wildman–Crippen LogP) is 3.67. The molecular formula is C17H23N5. The SMILES string of the molecule is Cc1cc(C)c(Nc2nc(C)nc(NCC3CC3)n2)c(C)c1. The van der Waals surface area contributed by atoms with Crippen molar-refractivity contribution in [2.45, 2.75) is 40.5 Å². The second kappa shape index (κ2) is 5.91. The van der Waals surface area contributed by atoms with Crippen molar-refractivity contribution in [3.63, 3.8) is 0 Å². The first-order valence-electron chi connectivity index (χ1n) is 7.82. The van der Waals surface area contributed by atoms with E-state index in [-0.39, 0.29) is 0 Å². The van der Waals surface area contributed by atoms with Gasteiger partial charge in [-0.25, -0.2) is 0 Å². The molecule has 0 bridgehead atoms. The molecule has 1 aromatic carbocycles. The first-order valence-corrected chi connectivity index (χ1v) is 7.82. The Morgan fingerprint density at radius 1 is 0.955 bits per heavy atom. The molecule has 0 amide bonds. The van der Waals surface area contributed by atoms with Gasteiger partial charge in [-0.1, -0.05) is 17.7 Å². The Morgan fingerprint density at radius 2 is 1.59 bits per heavy atom. The largest absolute Gasteiger partial charge is 0.354 e. The summed E-state index contributed by atoms with van der Waals surface area (Å²) in [6.07, 6.45) is 2.62. The number of hydrogen-bond donors (Lipinski definition) is 2. The summed E-state index contributed by atoms with van der Waals surface area (Å²) in [4.78, 5) is 13.3. The normalized spacial score (nSPS) is 14.0. The number of anilines is 3. The third-order valence-electron chi connectivity index (χ3n) is 3.91. The monoisotopic (exact) mass is 297 g/mol. The van der Waals surface area contributed by atoms with Gasteiger partial charge in [-0.2, -0.15) is 15.0 Å². The smallest absolute Gasteiger partial charge is 0.232 e. The Kier molecular flexibility index (Phi) is 3.96. The Labute approximate surface area is 131 Å². The van der Waals surface area contributed by atoms with Crippen molar-refractivity contribution in [1.82, 2.24) is 15.0 Å². The molecule has 0 saturated heterocycles. The Balaban J connectivity index is 1.82. The summed E-state index contributed by atoms with van der Waals surface area (Å²) in [7, 11) is 0. The van der Waals surface area contributed by atoms with Crippen molar-refractivity contribution < 1.29 is 0 Å². The van der Waals surface area contributed by atoms with Crippen molar-refractivity contribution >= 4 is 17.6 Å². The molecule has 2 aromatic rings. The van der Waals surface area contributed by atoms with Gasteiger partial charge in [-0.15, -0.1) is 0 Å². The standard InChI is InChI=1S/C17H23N5/c1-10-7-11(2)15(12(3)8-10)21-17-20-13(4)19-16(22-17)18-9-14-5-6-14/h7-8,14H,5-6,9H2,1-4H3,(H2,18,19,20,21,22). The van der Waals surface area contributed by atoms with Crippen molar-refractivity contribution in [2.75, 3.05) is 17.2 Å². The van der Waals surface area contributed by atoms with Crippen LogP contribution in [0.2, 0.25) is 0 Å². The maximum atomic E-state index is 4.49. The van der Waals surface area contributed by atoms with E-state index in [1.165, 1.54) is 29.5 Å². The van der Waals surface area contributed by atoms with Gasteiger partial charge in [0.2, 0.25) is 11.9 Å². The molecule has 116 valence electrons. The van der Waals surface area contributed by atoms with E-state index in [1.807, 2.05) is 6.92 Å². The van der Waals surface area contributed by atoms with Crippen LogP contribution < -0.4 is 10.6 Å². The third kappa shape index (κ3) is 3.53. The van der Waals surface area contributed by atoms with Crippen LogP contribution in [0.4, 0.5) is 17.6 Å². The lowest BCUT2D eigenvalue weighted by Gasteiger charge is -2.13. The van der Waals surface area contributed by atoms with Crippen LogP contribution in [0, 0.1) is 33.6 Å².